The minimum absolute atomic E-state index is 0.128. The van der Waals surface area contributed by atoms with E-state index in [-0.39, 0.29) is 18.8 Å². The van der Waals surface area contributed by atoms with E-state index in [0.717, 1.165) is 5.56 Å². The second-order valence-corrected chi connectivity index (χ2v) is 5.52. The van der Waals surface area contributed by atoms with Crippen molar-refractivity contribution in [3.8, 4) is 0 Å². The third kappa shape index (κ3) is 1.51. The standard InChI is InChI=1S/C16H16O4/c1-3-15(2)10-19-14(18)16(15)13(17)9-12(20-16)11-7-5-4-6-8-11/h3-8,12H,1,9-10H2,2H3/t12-,15+,16-/m0/s1. The van der Waals surface area contributed by atoms with Crippen molar-refractivity contribution in [2.24, 2.45) is 5.41 Å². The number of hydrogen-bond donors (Lipinski definition) is 0. The Bertz CT molecular complexity index is 579. The Morgan fingerprint density at radius 3 is 2.65 bits per heavy atom. The molecule has 0 radical (unpaired) electrons. The molecule has 1 spiro atoms. The SMILES string of the molecule is C=C[C@]1(C)COC(=O)[C@]12O[C@H](c1ccccc1)CC2=O. The number of carbonyl (C=O) groups excluding carboxylic acids is 2. The average molecular weight is 272 g/mol. The molecule has 0 N–H and O–H groups in total. The van der Waals surface area contributed by atoms with Crippen LogP contribution in [0.5, 0.6) is 0 Å². The number of Topliss-reactive ketones (excluding diaryl/α,β-unsaturated/α-hetero) is 1. The molecule has 2 fully saturated rings. The van der Waals surface area contributed by atoms with E-state index in [0.29, 0.717) is 0 Å². The summed E-state index contributed by atoms with van der Waals surface area (Å²) in [5.41, 5.74) is -1.45. The first-order valence-corrected chi connectivity index (χ1v) is 6.60. The molecule has 3 rings (SSSR count). The van der Waals surface area contributed by atoms with Gasteiger partial charge in [0.25, 0.3) is 0 Å². The maximum Gasteiger partial charge on any atom is 0.347 e. The molecule has 0 saturated carbocycles. The molecule has 0 aromatic heterocycles. The van der Waals surface area contributed by atoms with Crippen LogP contribution in [-0.2, 0) is 19.1 Å². The van der Waals surface area contributed by atoms with E-state index in [4.69, 9.17) is 9.47 Å². The fraction of sp³-hybridized carbons (Fsp3) is 0.375. The van der Waals surface area contributed by atoms with Crippen LogP contribution >= 0.6 is 0 Å². The van der Waals surface area contributed by atoms with E-state index in [1.54, 1.807) is 13.0 Å². The summed E-state index contributed by atoms with van der Waals surface area (Å²) in [5, 5.41) is 0. The maximum absolute atomic E-state index is 12.5. The molecule has 0 unspecified atom stereocenters. The Morgan fingerprint density at radius 2 is 2.00 bits per heavy atom. The van der Waals surface area contributed by atoms with Crippen molar-refractivity contribution in [2.75, 3.05) is 6.61 Å². The van der Waals surface area contributed by atoms with Gasteiger partial charge in [-0.25, -0.2) is 4.79 Å². The number of rotatable bonds is 2. The average Bonchev–Trinajstić information content (AvgIpc) is 2.95. The van der Waals surface area contributed by atoms with E-state index in [2.05, 4.69) is 6.58 Å². The highest BCUT2D eigenvalue weighted by atomic mass is 16.6. The van der Waals surface area contributed by atoms with Crippen molar-refractivity contribution < 1.29 is 19.1 Å². The van der Waals surface area contributed by atoms with Crippen molar-refractivity contribution in [3.05, 3.63) is 48.6 Å². The number of carbonyl (C=O) groups is 2. The number of benzene rings is 1. The first-order chi connectivity index (χ1) is 9.53. The van der Waals surface area contributed by atoms with Crippen LogP contribution in [0.15, 0.2) is 43.0 Å². The minimum atomic E-state index is -1.53. The zero-order valence-corrected chi connectivity index (χ0v) is 11.3. The summed E-state index contributed by atoms with van der Waals surface area (Å²) in [4.78, 5) is 24.6. The van der Waals surface area contributed by atoms with Crippen molar-refractivity contribution in [1.82, 2.24) is 0 Å². The zero-order chi connectivity index (χ0) is 14.4. The third-order valence-electron chi connectivity index (χ3n) is 4.30. The number of ketones is 1. The number of hydrogen-bond acceptors (Lipinski definition) is 4. The van der Waals surface area contributed by atoms with E-state index < -0.39 is 23.1 Å². The molecule has 2 saturated heterocycles. The van der Waals surface area contributed by atoms with Gasteiger partial charge in [-0.3, -0.25) is 4.79 Å². The van der Waals surface area contributed by atoms with Gasteiger partial charge in [0.2, 0.25) is 5.60 Å². The summed E-state index contributed by atoms with van der Waals surface area (Å²) >= 11 is 0. The summed E-state index contributed by atoms with van der Waals surface area (Å²) < 4.78 is 11.0. The zero-order valence-electron chi connectivity index (χ0n) is 11.3. The third-order valence-corrected chi connectivity index (χ3v) is 4.30. The van der Waals surface area contributed by atoms with Crippen LogP contribution in [-0.4, -0.2) is 24.0 Å². The van der Waals surface area contributed by atoms with E-state index in [1.807, 2.05) is 30.3 Å². The summed E-state index contributed by atoms with van der Waals surface area (Å²) in [6.07, 6.45) is 1.36. The summed E-state index contributed by atoms with van der Waals surface area (Å²) in [6.45, 7) is 5.64. The van der Waals surface area contributed by atoms with E-state index in [9.17, 15) is 9.59 Å². The lowest BCUT2D eigenvalue weighted by Crippen LogP contribution is -2.52. The first-order valence-electron chi connectivity index (χ1n) is 6.60. The molecular formula is C16H16O4. The second-order valence-electron chi connectivity index (χ2n) is 5.52. The molecule has 104 valence electrons. The summed E-state index contributed by atoms with van der Waals surface area (Å²) in [6, 6.07) is 9.44. The van der Waals surface area contributed by atoms with Gasteiger partial charge >= 0.3 is 5.97 Å². The fourth-order valence-electron chi connectivity index (χ4n) is 2.96. The quantitative estimate of drug-likeness (QED) is 0.470. The van der Waals surface area contributed by atoms with Crippen molar-refractivity contribution in [2.45, 2.75) is 25.0 Å². The number of cyclic esters (lactones) is 1. The topological polar surface area (TPSA) is 52.6 Å². The van der Waals surface area contributed by atoms with Crippen LogP contribution in [0.3, 0.4) is 0 Å². The lowest BCUT2D eigenvalue weighted by molar-refractivity contribution is -0.166. The Balaban J connectivity index is 2.01. The summed E-state index contributed by atoms with van der Waals surface area (Å²) in [5.74, 6) is -0.820. The number of ether oxygens (including phenoxy) is 2. The van der Waals surface area contributed by atoms with Crippen LogP contribution < -0.4 is 0 Å². The van der Waals surface area contributed by atoms with Gasteiger partial charge in [-0.2, -0.15) is 0 Å². The Kier molecular flexibility index (Phi) is 2.80. The number of esters is 1. The molecular weight excluding hydrogens is 256 g/mol. The predicted molar refractivity (Wildman–Crippen MR) is 71.9 cm³/mol. The minimum Gasteiger partial charge on any atom is -0.462 e. The van der Waals surface area contributed by atoms with Gasteiger partial charge in [0, 0.05) is 6.42 Å². The monoisotopic (exact) mass is 272 g/mol. The van der Waals surface area contributed by atoms with Crippen LogP contribution in [0.2, 0.25) is 0 Å². The van der Waals surface area contributed by atoms with E-state index >= 15 is 0 Å². The molecule has 2 heterocycles. The van der Waals surface area contributed by atoms with Gasteiger partial charge in [0.15, 0.2) is 5.78 Å². The van der Waals surface area contributed by atoms with Gasteiger partial charge in [0.1, 0.15) is 6.61 Å². The normalized spacial score (nSPS) is 36.4. The van der Waals surface area contributed by atoms with Crippen LogP contribution in [0, 0.1) is 5.41 Å². The fourth-order valence-corrected chi connectivity index (χ4v) is 2.96. The molecule has 0 amide bonds. The highest BCUT2D eigenvalue weighted by molar-refractivity contribution is 6.11. The molecule has 0 bridgehead atoms. The highest BCUT2D eigenvalue weighted by Gasteiger charge is 2.68. The Hall–Kier alpha value is -1.94. The van der Waals surface area contributed by atoms with Crippen molar-refractivity contribution >= 4 is 11.8 Å². The first kappa shape index (κ1) is 13.1. The second kappa shape index (κ2) is 4.28. The molecule has 2 aliphatic rings. The Morgan fingerprint density at radius 1 is 1.30 bits per heavy atom. The molecule has 1 aromatic carbocycles. The van der Waals surface area contributed by atoms with Gasteiger partial charge in [-0.1, -0.05) is 36.4 Å². The van der Waals surface area contributed by atoms with Crippen LogP contribution in [0.25, 0.3) is 0 Å². The van der Waals surface area contributed by atoms with Crippen molar-refractivity contribution in [3.63, 3.8) is 0 Å². The molecule has 20 heavy (non-hydrogen) atoms. The molecule has 4 heteroatoms. The van der Waals surface area contributed by atoms with Crippen LogP contribution in [0.1, 0.15) is 25.0 Å². The Labute approximate surface area is 117 Å². The highest BCUT2D eigenvalue weighted by Crippen LogP contribution is 2.51. The lowest BCUT2D eigenvalue weighted by atomic mass is 9.73. The molecule has 0 aliphatic carbocycles. The van der Waals surface area contributed by atoms with Gasteiger partial charge in [-0.05, 0) is 12.5 Å². The predicted octanol–water partition coefficient (Wildman–Crippen LogP) is 2.21. The van der Waals surface area contributed by atoms with E-state index in [1.165, 1.54) is 0 Å². The smallest absolute Gasteiger partial charge is 0.347 e. The van der Waals surface area contributed by atoms with Crippen molar-refractivity contribution in [1.29, 1.82) is 0 Å². The van der Waals surface area contributed by atoms with Crippen LogP contribution in [0.4, 0.5) is 0 Å². The molecule has 3 atom stereocenters. The molecule has 2 aliphatic heterocycles. The van der Waals surface area contributed by atoms with Gasteiger partial charge in [-0.15, -0.1) is 6.58 Å². The largest absolute Gasteiger partial charge is 0.462 e. The maximum atomic E-state index is 12.5. The molecule has 4 nitrogen and oxygen atoms in total. The lowest BCUT2D eigenvalue weighted by Gasteiger charge is -2.31. The summed E-state index contributed by atoms with van der Waals surface area (Å²) in [7, 11) is 0. The molecule has 1 aromatic rings. The van der Waals surface area contributed by atoms with Gasteiger partial charge in [0.05, 0.1) is 11.5 Å². The van der Waals surface area contributed by atoms with Gasteiger partial charge < -0.3 is 9.47 Å².